The van der Waals surface area contributed by atoms with Crippen molar-refractivity contribution in [1.29, 1.82) is 0 Å². The Bertz CT molecular complexity index is 751. The van der Waals surface area contributed by atoms with Gasteiger partial charge in [0.2, 0.25) is 10.0 Å². The van der Waals surface area contributed by atoms with Crippen LogP contribution in [-0.4, -0.2) is 42.6 Å². The minimum absolute atomic E-state index is 0.0697. The van der Waals surface area contributed by atoms with Gasteiger partial charge in [-0.2, -0.15) is 5.10 Å². The number of hydrogen-bond acceptors (Lipinski definition) is 5. The summed E-state index contributed by atoms with van der Waals surface area (Å²) in [7, 11) is -0.469. The summed E-state index contributed by atoms with van der Waals surface area (Å²) < 4.78 is 33.2. The highest BCUT2D eigenvalue weighted by Gasteiger charge is 2.25. The maximum Gasteiger partial charge on any atom is 0.243 e. The molecule has 126 valence electrons. The monoisotopic (exact) mass is 339 g/mol. The van der Waals surface area contributed by atoms with Crippen molar-refractivity contribution in [1.82, 2.24) is 14.5 Å². The topological polar surface area (TPSA) is 93.4 Å². The number of methoxy groups -OCH3 is 1. The molecule has 1 atom stereocenters. The molecule has 0 fully saturated rings. The van der Waals surface area contributed by atoms with Gasteiger partial charge in [0.25, 0.3) is 0 Å². The number of rotatable bonds is 7. The van der Waals surface area contributed by atoms with Crippen LogP contribution in [0.1, 0.15) is 12.5 Å². The van der Waals surface area contributed by atoms with Crippen molar-refractivity contribution in [3.05, 3.63) is 42.2 Å². The molecule has 0 saturated carbocycles. The lowest BCUT2D eigenvalue weighted by molar-refractivity contribution is 0.0657. The quantitative estimate of drug-likeness (QED) is 0.774. The van der Waals surface area contributed by atoms with Crippen LogP contribution in [-0.2, 0) is 23.5 Å². The summed E-state index contributed by atoms with van der Waals surface area (Å²) in [5.41, 5.74) is -0.333. The number of aliphatic hydroxyl groups is 1. The second kappa shape index (κ2) is 6.69. The molecule has 0 aliphatic carbocycles. The zero-order valence-electron chi connectivity index (χ0n) is 13.4. The molecule has 0 aliphatic heterocycles. The van der Waals surface area contributed by atoms with Gasteiger partial charge in [0.05, 0.1) is 18.9 Å². The maximum absolute atomic E-state index is 12.1. The molecule has 0 saturated heterocycles. The van der Waals surface area contributed by atoms with E-state index in [0.717, 1.165) is 11.3 Å². The number of aromatic nitrogens is 2. The van der Waals surface area contributed by atoms with E-state index in [-0.39, 0.29) is 11.4 Å². The normalized spacial score (nSPS) is 14.4. The fourth-order valence-corrected chi connectivity index (χ4v) is 3.26. The van der Waals surface area contributed by atoms with E-state index in [0.29, 0.717) is 6.42 Å². The highest BCUT2D eigenvalue weighted by molar-refractivity contribution is 7.89. The molecule has 1 aromatic carbocycles. The summed E-state index contributed by atoms with van der Waals surface area (Å²) in [6, 6.07) is 7.27. The Morgan fingerprint density at radius 2 is 2.00 bits per heavy atom. The molecule has 8 heteroatoms. The van der Waals surface area contributed by atoms with Gasteiger partial charge in [0.1, 0.15) is 10.6 Å². The van der Waals surface area contributed by atoms with E-state index < -0.39 is 15.6 Å². The lowest BCUT2D eigenvalue weighted by Crippen LogP contribution is -2.42. The van der Waals surface area contributed by atoms with Gasteiger partial charge in [-0.15, -0.1) is 0 Å². The summed E-state index contributed by atoms with van der Waals surface area (Å²) in [5.74, 6) is 0.727. The molecule has 0 bridgehead atoms. The number of nitrogens with one attached hydrogen (secondary N) is 1. The van der Waals surface area contributed by atoms with Crippen molar-refractivity contribution in [2.24, 2.45) is 7.05 Å². The lowest BCUT2D eigenvalue weighted by Gasteiger charge is -2.23. The minimum atomic E-state index is -3.69. The Balaban J connectivity index is 2.00. The molecule has 2 N–H and O–H groups in total. The molecule has 2 aromatic rings. The highest BCUT2D eigenvalue weighted by atomic mass is 32.2. The zero-order valence-corrected chi connectivity index (χ0v) is 14.2. The van der Waals surface area contributed by atoms with Gasteiger partial charge < -0.3 is 9.84 Å². The van der Waals surface area contributed by atoms with Crippen LogP contribution in [0.2, 0.25) is 0 Å². The van der Waals surface area contributed by atoms with Crippen molar-refractivity contribution < 1.29 is 18.3 Å². The van der Waals surface area contributed by atoms with E-state index in [4.69, 9.17) is 4.74 Å². The highest BCUT2D eigenvalue weighted by Crippen LogP contribution is 2.17. The fraction of sp³-hybridized carbons (Fsp3) is 0.400. The van der Waals surface area contributed by atoms with Gasteiger partial charge in [-0.1, -0.05) is 12.1 Å². The predicted molar refractivity (Wildman–Crippen MR) is 85.7 cm³/mol. The second-order valence-corrected chi connectivity index (χ2v) is 7.46. The number of sulfonamides is 1. The van der Waals surface area contributed by atoms with Gasteiger partial charge in [-0.05, 0) is 24.6 Å². The van der Waals surface area contributed by atoms with E-state index >= 15 is 0 Å². The molecule has 7 nitrogen and oxygen atoms in total. The van der Waals surface area contributed by atoms with Gasteiger partial charge in [-0.25, -0.2) is 13.1 Å². The lowest BCUT2D eigenvalue weighted by atomic mass is 9.97. The van der Waals surface area contributed by atoms with Gasteiger partial charge in [-0.3, -0.25) is 4.68 Å². The standard InChI is InChI=1S/C15H21N3O4S/c1-15(19,8-12-4-6-13(22-3)7-5-12)11-17-23(20,21)14-9-16-18(2)10-14/h4-7,9-10,17,19H,8,11H2,1-3H3/t15-/m0/s1. The summed E-state index contributed by atoms with van der Waals surface area (Å²) >= 11 is 0. The van der Waals surface area contributed by atoms with Crippen LogP contribution in [0.5, 0.6) is 5.75 Å². The van der Waals surface area contributed by atoms with Crippen molar-refractivity contribution in [2.45, 2.75) is 23.8 Å². The molecule has 1 aromatic heterocycles. The Kier molecular flexibility index (Phi) is 5.08. The van der Waals surface area contributed by atoms with Crippen molar-refractivity contribution in [3.8, 4) is 5.75 Å². The van der Waals surface area contributed by atoms with Gasteiger partial charge >= 0.3 is 0 Å². The Labute approximate surface area is 136 Å². The Morgan fingerprint density at radius 1 is 1.35 bits per heavy atom. The minimum Gasteiger partial charge on any atom is -0.497 e. The van der Waals surface area contributed by atoms with Crippen LogP contribution in [0.25, 0.3) is 0 Å². The average Bonchev–Trinajstić information content (AvgIpc) is 2.93. The molecule has 0 radical (unpaired) electrons. The van der Waals surface area contributed by atoms with Crippen molar-refractivity contribution >= 4 is 10.0 Å². The van der Waals surface area contributed by atoms with Crippen molar-refractivity contribution in [3.63, 3.8) is 0 Å². The molecular formula is C15H21N3O4S. The van der Waals surface area contributed by atoms with E-state index in [1.807, 2.05) is 12.1 Å². The maximum atomic E-state index is 12.1. The third kappa shape index (κ3) is 4.78. The van der Waals surface area contributed by atoms with Crippen LogP contribution < -0.4 is 9.46 Å². The van der Waals surface area contributed by atoms with Crippen LogP contribution in [0, 0.1) is 0 Å². The number of benzene rings is 1. The van der Waals surface area contributed by atoms with E-state index in [2.05, 4.69) is 9.82 Å². The van der Waals surface area contributed by atoms with Crippen molar-refractivity contribution in [2.75, 3.05) is 13.7 Å². The summed E-state index contributed by atoms with van der Waals surface area (Å²) in [6.45, 7) is 1.49. The predicted octanol–water partition coefficient (Wildman–Crippen LogP) is 0.701. The second-order valence-electron chi connectivity index (χ2n) is 5.70. The summed E-state index contributed by atoms with van der Waals surface area (Å²) in [4.78, 5) is 0.0697. The smallest absolute Gasteiger partial charge is 0.243 e. The molecule has 0 spiro atoms. The largest absolute Gasteiger partial charge is 0.497 e. The third-order valence-corrected chi connectivity index (χ3v) is 4.73. The summed E-state index contributed by atoms with van der Waals surface area (Å²) in [5, 5.41) is 14.3. The molecule has 1 heterocycles. The Morgan fingerprint density at radius 3 is 2.52 bits per heavy atom. The summed E-state index contributed by atoms with van der Waals surface area (Å²) in [6.07, 6.45) is 2.98. The first-order chi connectivity index (χ1) is 10.7. The SMILES string of the molecule is COc1ccc(C[C@](C)(O)CNS(=O)(=O)c2cnn(C)c2)cc1. The zero-order chi connectivity index (χ0) is 17.1. The molecule has 23 heavy (non-hydrogen) atoms. The first kappa shape index (κ1) is 17.5. The number of aryl methyl sites for hydroxylation is 1. The molecular weight excluding hydrogens is 318 g/mol. The molecule has 0 aliphatic rings. The van der Waals surface area contributed by atoms with Gasteiger partial charge in [0.15, 0.2) is 0 Å². The average molecular weight is 339 g/mol. The third-order valence-electron chi connectivity index (χ3n) is 3.38. The van der Waals surface area contributed by atoms with E-state index in [9.17, 15) is 13.5 Å². The fourth-order valence-electron chi connectivity index (χ4n) is 2.12. The number of nitrogens with zero attached hydrogens (tertiary/aromatic N) is 2. The van der Waals surface area contributed by atoms with E-state index in [1.54, 1.807) is 33.2 Å². The van der Waals surface area contributed by atoms with Crippen LogP contribution >= 0.6 is 0 Å². The Hall–Kier alpha value is -1.90. The van der Waals surface area contributed by atoms with E-state index in [1.165, 1.54) is 17.1 Å². The van der Waals surface area contributed by atoms with Gasteiger partial charge in [0, 0.05) is 26.2 Å². The van der Waals surface area contributed by atoms with Crippen LogP contribution in [0.4, 0.5) is 0 Å². The van der Waals surface area contributed by atoms with Crippen LogP contribution in [0.3, 0.4) is 0 Å². The molecule has 0 amide bonds. The first-order valence-electron chi connectivity index (χ1n) is 7.05. The van der Waals surface area contributed by atoms with Crippen LogP contribution in [0.15, 0.2) is 41.6 Å². The molecule has 0 unspecified atom stereocenters. The number of ether oxygens (including phenoxy) is 1. The number of hydrogen-bond donors (Lipinski definition) is 2. The first-order valence-corrected chi connectivity index (χ1v) is 8.54. The molecule has 2 rings (SSSR count).